The Morgan fingerprint density at radius 2 is 0.943 bits per heavy atom. The molecule has 2 atom stereocenters. The van der Waals surface area contributed by atoms with Crippen LogP contribution in [-0.2, 0) is 26.1 Å². The van der Waals surface area contributed by atoms with Crippen molar-refractivity contribution in [3.63, 3.8) is 0 Å². The maximum absolute atomic E-state index is 12.1. The van der Waals surface area contributed by atoms with Gasteiger partial charge in [0.25, 0.3) is 8.32 Å². The number of hydrogen-bond acceptors (Lipinski definition) is 4. The molecule has 0 heterocycles. The first kappa shape index (κ1) is 38.1. The highest BCUT2D eigenvalue weighted by molar-refractivity contribution is 6.99. The van der Waals surface area contributed by atoms with E-state index in [1.54, 1.807) is 0 Å². The largest absolute Gasteiger partial charge is 0.407 e. The van der Waals surface area contributed by atoms with Gasteiger partial charge in [-0.15, -0.1) is 0 Å². The summed E-state index contributed by atoms with van der Waals surface area (Å²) in [5.41, 5.74) is 3.09. The van der Waals surface area contributed by atoms with Gasteiger partial charge in [-0.2, -0.15) is 0 Å². The summed E-state index contributed by atoms with van der Waals surface area (Å²) in [6.45, 7) is 7.88. The Hall–Kier alpha value is -4.62. The van der Waals surface area contributed by atoms with Crippen LogP contribution in [-0.4, -0.2) is 38.8 Å². The Morgan fingerprint density at radius 3 is 1.36 bits per heavy atom. The first-order valence-corrected chi connectivity index (χ1v) is 20.6. The summed E-state index contributed by atoms with van der Waals surface area (Å²) in [6, 6.07) is 62.4. The quantitative estimate of drug-likeness (QED) is 0.0580. The minimum Gasteiger partial charge on any atom is -0.407 e. The standard InChI is InChI=1S/C48H52O4Si/c1-47(2,3)53(43-31-18-8-19-32-43,44-33-20-9-21-34-44)52-36-22-35-46(50-37-39-23-10-4-11-24-39)45(49)38-51-48(40-25-12-5-13-26-40,41-27-14-6-15-28-41)42-29-16-7-17-30-42/h4-21,23-34,45-46,49H,22,35-38H2,1-3H3/t45-,46-/m0/s1. The second-order valence-corrected chi connectivity index (χ2v) is 19.0. The van der Waals surface area contributed by atoms with Crippen LogP contribution >= 0.6 is 0 Å². The fourth-order valence-corrected chi connectivity index (χ4v) is 12.1. The maximum atomic E-state index is 12.1. The lowest BCUT2D eigenvalue weighted by Crippen LogP contribution is -2.66. The van der Waals surface area contributed by atoms with E-state index in [4.69, 9.17) is 13.9 Å². The predicted octanol–water partition coefficient (Wildman–Crippen LogP) is 9.30. The van der Waals surface area contributed by atoms with E-state index in [2.05, 4.69) is 130 Å². The zero-order valence-corrected chi connectivity index (χ0v) is 32.2. The second-order valence-electron chi connectivity index (χ2n) is 14.6. The van der Waals surface area contributed by atoms with Gasteiger partial charge < -0.3 is 19.0 Å². The number of aliphatic hydroxyl groups excluding tert-OH is 1. The van der Waals surface area contributed by atoms with Gasteiger partial charge >= 0.3 is 0 Å². The van der Waals surface area contributed by atoms with E-state index in [-0.39, 0.29) is 11.6 Å². The highest BCUT2D eigenvalue weighted by Gasteiger charge is 2.50. The van der Waals surface area contributed by atoms with E-state index in [0.717, 1.165) is 22.3 Å². The first-order chi connectivity index (χ1) is 25.8. The second kappa shape index (κ2) is 17.9. The normalized spacial score (nSPS) is 13.4. The summed E-state index contributed by atoms with van der Waals surface area (Å²) >= 11 is 0. The molecule has 0 bridgehead atoms. The average Bonchev–Trinajstić information content (AvgIpc) is 3.21. The zero-order valence-electron chi connectivity index (χ0n) is 31.2. The van der Waals surface area contributed by atoms with E-state index in [9.17, 15) is 5.11 Å². The van der Waals surface area contributed by atoms with Gasteiger partial charge in [0.15, 0.2) is 0 Å². The topological polar surface area (TPSA) is 47.9 Å². The Morgan fingerprint density at radius 1 is 0.547 bits per heavy atom. The minimum atomic E-state index is -2.70. The molecule has 4 nitrogen and oxygen atoms in total. The highest BCUT2D eigenvalue weighted by Crippen LogP contribution is 2.41. The van der Waals surface area contributed by atoms with E-state index < -0.39 is 26.1 Å². The van der Waals surface area contributed by atoms with Crippen LogP contribution < -0.4 is 10.4 Å². The smallest absolute Gasteiger partial charge is 0.261 e. The van der Waals surface area contributed by atoms with Crippen LogP contribution in [0.15, 0.2) is 182 Å². The van der Waals surface area contributed by atoms with Gasteiger partial charge in [0.2, 0.25) is 0 Å². The molecule has 6 rings (SSSR count). The van der Waals surface area contributed by atoms with Gasteiger partial charge in [-0.05, 0) is 50.5 Å². The van der Waals surface area contributed by atoms with E-state index in [0.29, 0.717) is 26.1 Å². The molecule has 0 aliphatic rings. The average molecular weight is 721 g/mol. The van der Waals surface area contributed by atoms with Crippen molar-refractivity contribution >= 4 is 18.7 Å². The summed E-state index contributed by atoms with van der Waals surface area (Å²) in [5, 5.41) is 14.4. The maximum Gasteiger partial charge on any atom is 0.261 e. The molecule has 0 spiro atoms. The summed E-state index contributed by atoms with van der Waals surface area (Å²) in [7, 11) is -2.70. The molecule has 6 aromatic rings. The lowest BCUT2D eigenvalue weighted by Gasteiger charge is -2.43. The van der Waals surface area contributed by atoms with Crippen LogP contribution in [0, 0.1) is 0 Å². The number of aliphatic hydroxyl groups is 1. The van der Waals surface area contributed by atoms with Crippen molar-refractivity contribution < 1.29 is 19.0 Å². The fraction of sp³-hybridized carbons (Fsp3) is 0.250. The van der Waals surface area contributed by atoms with Crippen molar-refractivity contribution in [2.24, 2.45) is 0 Å². The SMILES string of the molecule is CC(C)(C)[Si](OCCC[C@H](OCc1ccccc1)[C@@H](O)COC(c1ccccc1)(c1ccccc1)c1ccccc1)(c1ccccc1)c1ccccc1. The number of rotatable bonds is 17. The molecule has 53 heavy (non-hydrogen) atoms. The summed E-state index contributed by atoms with van der Waals surface area (Å²) in [4.78, 5) is 0. The fourth-order valence-electron chi connectivity index (χ4n) is 7.52. The highest BCUT2D eigenvalue weighted by atomic mass is 28.4. The Balaban J connectivity index is 1.26. The summed E-state index contributed by atoms with van der Waals surface area (Å²) in [6.07, 6.45) is -0.0765. The molecule has 0 amide bonds. The van der Waals surface area contributed by atoms with Gasteiger partial charge in [0, 0.05) is 6.61 Å². The Kier molecular flexibility index (Phi) is 12.9. The third-order valence-corrected chi connectivity index (χ3v) is 15.2. The Bertz CT molecular complexity index is 1780. The van der Waals surface area contributed by atoms with E-state index in [1.807, 2.05) is 72.8 Å². The first-order valence-electron chi connectivity index (χ1n) is 18.7. The predicted molar refractivity (Wildman–Crippen MR) is 219 cm³/mol. The molecule has 0 saturated heterocycles. The molecule has 0 aliphatic heterocycles. The van der Waals surface area contributed by atoms with Gasteiger partial charge in [-0.3, -0.25) is 0 Å². The molecular weight excluding hydrogens is 669 g/mol. The molecule has 1 N–H and O–H groups in total. The Labute approximate surface area is 317 Å². The lowest BCUT2D eigenvalue weighted by molar-refractivity contribution is -0.106. The van der Waals surface area contributed by atoms with E-state index in [1.165, 1.54) is 10.4 Å². The molecule has 0 fully saturated rings. The summed E-state index contributed by atoms with van der Waals surface area (Å²) in [5.74, 6) is 0. The van der Waals surface area contributed by atoms with Crippen molar-refractivity contribution in [2.75, 3.05) is 13.2 Å². The third kappa shape index (κ3) is 8.79. The summed E-state index contributed by atoms with van der Waals surface area (Å²) < 4.78 is 20.8. The molecule has 6 aromatic carbocycles. The van der Waals surface area contributed by atoms with Gasteiger partial charge in [0.05, 0.1) is 19.3 Å². The van der Waals surface area contributed by atoms with Crippen molar-refractivity contribution in [1.82, 2.24) is 0 Å². The van der Waals surface area contributed by atoms with Crippen molar-refractivity contribution in [3.8, 4) is 0 Å². The minimum absolute atomic E-state index is 0.0632. The van der Waals surface area contributed by atoms with Crippen molar-refractivity contribution in [2.45, 2.75) is 63.1 Å². The molecule has 0 aromatic heterocycles. The van der Waals surface area contributed by atoms with Crippen LogP contribution in [0.5, 0.6) is 0 Å². The van der Waals surface area contributed by atoms with Crippen LogP contribution in [0.25, 0.3) is 0 Å². The molecular formula is C48H52O4Si. The molecule has 0 radical (unpaired) electrons. The monoisotopic (exact) mass is 720 g/mol. The van der Waals surface area contributed by atoms with Gasteiger partial charge in [-0.1, -0.05) is 203 Å². The van der Waals surface area contributed by atoms with Gasteiger partial charge in [0.1, 0.15) is 11.7 Å². The third-order valence-electron chi connectivity index (χ3n) is 10.1. The lowest BCUT2D eigenvalue weighted by atomic mass is 9.80. The number of ether oxygens (including phenoxy) is 2. The molecule has 5 heteroatoms. The van der Waals surface area contributed by atoms with Gasteiger partial charge in [-0.25, -0.2) is 0 Å². The molecule has 0 unspecified atom stereocenters. The molecule has 0 saturated carbocycles. The number of hydrogen-bond donors (Lipinski definition) is 1. The van der Waals surface area contributed by atoms with Crippen molar-refractivity contribution in [1.29, 1.82) is 0 Å². The van der Waals surface area contributed by atoms with E-state index >= 15 is 0 Å². The zero-order chi connectivity index (χ0) is 37.0. The van der Waals surface area contributed by atoms with Crippen LogP contribution in [0.3, 0.4) is 0 Å². The number of benzene rings is 6. The molecule has 272 valence electrons. The van der Waals surface area contributed by atoms with Crippen LogP contribution in [0.2, 0.25) is 5.04 Å². The van der Waals surface area contributed by atoms with Crippen LogP contribution in [0.1, 0.15) is 55.9 Å². The van der Waals surface area contributed by atoms with Crippen molar-refractivity contribution in [3.05, 3.63) is 204 Å². The van der Waals surface area contributed by atoms with Crippen LogP contribution in [0.4, 0.5) is 0 Å². The molecule has 0 aliphatic carbocycles.